The molecule has 0 bridgehead atoms. The van der Waals surface area contributed by atoms with Gasteiger partial charge < -0.3 is 36.1 Å². The number of unbranched alkanes of at least 4 members (excludes halogenated alkanes) is 1. The number of rotatable bonds is 18. The molecule has 6 rings (SSSR count). The van der Waals surface area contributed by atoms with Crippen molar-refractivity contribution in [1.29, 1.82) is 0 Å². The second kappa shape index (κ2) is 21.5. The molecule has 12 heteroatoms. The first-order valence-electron chi connectivity index (χ1n) is 21.0. The molecule has 1 aliphatic carbocycles. The Hall–Kier alpha value is -6.95. The maximum Gasteiger partial charge on any atom is 0.407 e. The summed E-state index contributed by atoms with van der Waals surface area (Å²) in [6.45, 7) is 5.22. The number of nitrogens with one attached hydrogen (secondary N) is 5. The smallest absolute Gasteiger partial charge is 0.407 e. The Morgan fingerprint density at radius 1 is 0.581 bits per heavy atom. The van der Waals surface area contributed by atoms with Gasteiger partial charge in [0.2, 0.25) is 17.7 Å². The van der Waals surface area contributed by atoms with Crippen LogP contribution < -0.4 is 26.6 Å². The highest BCUT2D eigenvalue weighted by Gasteiger charge is 2.31. The van der Waals surface area contributed by atoms with E-state index in [2.05, 4.69) is 26.6 Å². The van der Waals surface area contributed by atoms with E-state index in [-0.39, 0.29) is 31.9 Å². The van der Waals surface area contributed by atoms with Gasteiger partial charge in [0.15, 0.2) is 0 Å². The van der Waals surface area contributed by atoms with E-state index in [9.17, 15) is 24.0 Å². The molecule has 5 aromatic rings. The van der Waals surface area contributed by atoms with Crippen molar-refractivity contribution in [1.82, 2.24) is 26.6 Å². The molecule has 0 unspecified atom stereocenters. The van der Waals surface area contributed by atoms with Gasteiger partial charge in [-0.1, -0.05) is 140 Å². The second-order valence-electron chi connectivity index (χ2n) is 16.2. The summed E-state index contributed by atoms with van der Waals surface area (Å²) in [5.74, 6) is -1.77. The molecule has 12 nitrogen and oxygen atoms in total. The summed E-state index contributed by atoms with van der Waals surface area (Å²) in [4.78, 5) is 67.1. The van der Waals surface area contributed by atoms with E-state index in [1.54, 1.807) is 20.8 Å². The van der Waals surface area contributed by atoms with Crippen LogP contribution in [0.15, 0.2) is 140 Å². The molecule has 0 spiro atoms. The number of benzene rings is 5. The average Bonchev–Trinajstić information content (AvgIpc) is 3.59. The van der Waals surface area contributed by atoms with Crippen LogP contribution in [0, 0.1) is 0 Å². The van der Waals surface area contributed by atoms with Gasteiger partial charge in [0.1, 0.15) is 30.8 Å². The highest BCUT2D eigenvalue weighted by molar-refractivity contribution is 5.93. The fraction of sp³-hybridized carbons (Fsp3) is 0.300. The molecule has 0 radical (unpaired) electrons. The Labute approximate surface area is 363 Å². The van der Waals surface area contributed by atoms with Crippen LogP contribution in [-0.4, -0.2) is 67.3 Å². The van der Waals surface area contributed by atoms with Gasteiger partial charge in [-0.25, -0.2) is 9.59 Å². The number of carbonyl (C=O) groups excluding carboxylic acids is 5. The Morgan fingerprint density at radius 2 is 1.11 bits per heavy atom. The van der Waals surface area contributed by atoms with Crippen molar-refractivity contribution in [3.63, 3.8) is 0 Å². The molecule has 5 N–H and O–H groups in total. The first-order chi connectivity index (χ1) is 29.9. The average molecular weight is 838 g/mol. The molecule has 0 aromatic heterocycles. The standard InChI is InChI=1S/C50H55N5O7/c1-50(2,3)62-49(60)51-30-18-17-29-42(53-44(56)32-52-48(59)61-33-41-39-27-15-13-25-37(39)38-26-14-16-28-40(38)41)46(57)54-43(31-34-19-7-4-8-20-34)47(58)55-45(35-21-9-5-10-22-35)36-23-11-6-12-24-36/h4-16,19-28,41-43,45H,17-18,29-33H2,1-3H3,(H,51,60)(H,52,59)(H,53,56)(H,54,57)(H,55,58)/t42-,43-/m0/s1. The Kier molecular flexibility index (Phi) is 15.5. The lowest BCUT2D eigenvalue weighted by Crippen LogP contribution is -2.55. The predicted octanol–water partition coefficient (Wildman–Crippen LogP) is 7.34. The maximum absolute atomic E-state index is 14.3. The van der Waals surface area contributed by atoms with E-state index < -0.39 is 60.2 Å². The van der Waals surface area contributed by atoms with Crippen LogP contribution in [-0.2, 0) is 30.3 Å². The minimum Gasteiger partial charge on any atom is -0.449 e. The summed E-state index contributed by atoms with van der Waals surface area (Å²) in [5, 5.41) is 14.1. The summed E-state index contributed by atoms with van der Waals surface area (Å²) < 4.78 is 10.9. The van der Waals surface area contributed by atoms with Crippen LogP contribution in [0.25, 0.3) is 11.1 Å². The zero-order chi connectivity index (χ0) is 43.9. The summed E-state index contributed by atoms with van der Waals surface area (Å²) in [6, 6.07) is 41.9. The van der Waals surface area contributed by atoms with Gasteiger partial charge in [-0.15, -0.1) is 0 Å². The van der Waals surface area contributed by atoms with Crippen LogP contribution in [0.1, 0.15) is 79.8 Å². The largest absolute Gasteiger partial charge is 0.449 e. The van der Waals surface area contributed by atoms with Crippen LogP contribution >= 0.6 is 0 Å². The third-order valence-electron chi connectivity index (χ3n) is 10.4. The molecular weight excluding hydrogens is 783 g/mol. The quantitative estimate of drug-likeness (QED) is 0.0577. The summed E-state index contributed by atoms with van der Waals surface area (Å²) >= 11 is 0. The molecular formula is C50H55N5O7. The summed E-state index contributed by atoms with van der Waals surface area (Å²) in [5.41, 5.74) is 6.21. The lowest BCUT2D eigenvalue weighted by Gasteiger charge is -2.26. The second-order valence-corrected chi connectivity index (χ2v) is 16.2. The number of ether oxygens (including phenoxy) is 2. The molecule has 0 aliphatic heterocycles. The van der Waals surface area contributed by atoms with E-state index in [1.165, 1.54) is 0 Å². The van der Waals surface area contributed by atoms with Crippen molar-refractivity contribution >= 4 is 29.9 Å². The number of hydrogen-bond acceptors (Lipinski definition) is 7. The zero-order valence-corrected chi connectivity index (χ0v) is 35.4. The van der Waals surface area contributed by atoms with E-state index in [1.807, 2.05) is 140 Å². The molecule has 0 fully saturated rings. The van der Waals surface area contributed by atoms with Crippen molar-refractivity contribution < 1.29 is 33.4 Å². The normalized spacial score (nSPS) is 12.8. The van der Waals surface area contributed by atoms with Crippen molar-refractivity contribution in [2.45, 2.75) is 76.1 Å². The molecule has 5 aromatic carbocycles. The van der Waals surface area contributed by atoms with Crippen molar-refractivity contribution in [3.05, 3.63) is 167 Å². The van der Waals surface area contributed by atoms with Crippen LogP contribution in [0.2, 0.25) is 0 Å². The topological polar surface area (TPSA) is 164 Å². The lowest BCUT2D eigenvalue weighted by atomic mass is 9.97. The fourth-order valence-electron chi connectivity index (χ4n) is 7.52. The van der Waals surface area contributed by atoms with Gasteiger partial charge in [-0.2, -0.15) is 0 Å². The van der Waals surface area contributed by atoms with Crippen molar-refractivity contribution in [3.8, 4) is 11.1 Å². The minimum atomic E-state index is -1.08. The molecule has 322 valence electrons. The maximum atomic E-state index is 14.3. The Bertz CT molecular complexity index is 2200. The van der Waals surface area contributed by atoms with Gasteiger partial charge in [0, 0.05) is 18.9 Å². The summed E-state index contributed by atoms with van der Waals surface area (Å²) in [6.07, 6.45) is -0.0811. The highest BCUT2D eigenvalue weighted by atomic mass is 16.6. The molecule has 62 heavy (non-hydrogen) atoms. The van der Waals surface area contributed by atoms with Gasteiger partial charge in [0.05, 0.1) is 6.04 Å². The van der Waals surface area contributed by atoms with Crippen molar-refractivity contribution in [2.24, 2.45) is 0 Å². The van der Waals surface area contributed by atoms with E-state index >= 15 is 0 Å². The number of carbonyl (C=O) groups is 5. The van der Waals surface area contributed by atoms with E-state index in [0.717, 1.165) is 38.9 Å². The third kappa shape index (κ3) is 12.8. The van der Waals surface area contributed by atoms with Gasteiger partial charge in [-0.05, 0) is 79.0 Å². The molecule has 1 aliphatic rings. The predicted molar refractivity (Wildman–Crippen MR) is 238 cm³/mol. The molecule has 0 heterocycles. The first-order valence-corrected chi connectivity index (χ1v) is 21.0. The summed E-state index contributed by atoms with van der Waals surface area (Å²) in [7, 11) is 0. The van der Waals surface area contributed by atoms with Crippen LogP contribution in [0.3, 0.4) is 0 Å². The number of fused-ring (bicyclic) bond motifs is 3. The van der Waals surface area contributed by atoms with Gasteiger partial charge >= 0.3 is 12.2 Å². The molecule has 5 amide bonds. The van der Waals surface area contributed by atoms with Crippen molar-refractivity contribution in [2.75, 3.05) is 19.7 Å². The SMILES string of the molecule is CC(C)(C)OC(=O)NCCCC[C@H](NC(=O)CNC(=O)OCC1c2ccccc2-c2ccccc21)C(=O)N[C@@H](Cc1ccccc1)C(=O)NC(c1ccccc1)c1ccccc1. The van der Waals surface area contributed by atoms with E-state index in [0.29, 0.717) is 12.8 Å². The van der Waals surface area contributed by atoms with Gasteiger partial charge in [0.25, 0.3) is 0 Å². The number of amides is 5. The van der Waals surface area contributed by atoms with Gasteiger partial charge in [-0.3, -0.25) is 14.4 Å². The Balaban J connectivity index is 1.12. The lowest BCUT2D eigenvalue weighted by molar-refractivity contribution is -0.132. The highest BCUT2D eigenvalue weighted by Crippen LogP contribution is 2.44. The Morgan fingerprint density at radius 3 is 1.69 bits per heavy atom. The molecule has 0 saturated carbocycles. The first kappa shape index (κ1) is 44.6. The third-order valence-corrected chi connectivity index (χ3v) is 10.4. The monoisotopic (exact) mass is 837 g/mol. The number of alkyl carbamates (subject to hydrolysis) is 2. The van der Waals surface area contributed by atoms with Crippen LogP contribution in [0.5, 0.6) is 0 Å². The molecule has 0 saturated heterocycles. The fourth-order valence-corrected chi connectivity index (χ4v) is 7.52. The van der Waals surface area contributed by atoms with Crippen LogP contribution in [0.4, 0.5) is 9.59 Å². The number of hydrogen-bond donors (Lipinski definition) is 5. The van der Waals surface area contributed by atoms with E-state index in [4.69, 9.17) is 9.47 Å². The molecule has 2 atom stereocenters. The minimum absolute atomic E-state index is 0.0735. The zero-order valence-electron chi connectivity index (χ0n) is 35.4.